The smallest absolute Gasteiger partial charge is 0.308 e. The zero-order chi connectivity index (χ0) is 16.6. The van der Waals surface area contributed by atoms with Crippen molar-refractivity contribution in [3.63, 3.8) is 0 Å². The largest absolute Gasteiger partial charge is 0.481 e. The van der Waals surface area contributed by atoms with E-state index in [0.29, 0.717) is 30.5 Å². The summed E-state index contributed by atoms with van der Waals surface area (Å²) in [5, 5.41) is 10.1. The highest BCUT2D eigenvalue weighted by molar-refractivity contribution is 6.06. The summed E-state index contributed by atoms with van der Waals surface area (Å²) in [6.45, 7) is 4.46. The lowest BCUT2D eigenvalue weighted by Crippen LogP contribution is -2.49. The minimum atomic E-state index is -0.833. The fourth-order valence-electron chi connectivity index (χ4n) is 3.38. The Balaban J connectivity index is 1.95. The number of piperidine rings is 1. The van der Waals surface area contributed by atoms with Gasteiger partial charge in [0.2, 0.25) is 0 Å². The molecule has 1 N–H and O–H groups in total. The second-order valence-electron chi connectivity index (χ2n) is 6.16. The number of nitrogens with zero attached hydrogens (tertiary/aromatic N) is 1. The molecule has 1 aromatic carbocycles. The quantitative estimate of drug-likeness (QED) is 0.943. The molecule has 1 aliphatic heterocycles. The summed E-state index contributed by atoms with van der Waals surface area (Å²) in [6.07, 6.45) is 3.70. The molecule has 0 radical (unpaired) electrons. The Hall–Kier alpha value is -2.30. The van der Waals surface area contributed by atoms with Gasteiger partial charge in [-0.1, -0.05) is 13.0 Å². The molecule has 0 aliphatic carbocycles. The summed E-state index contributed by atoms with van der Waals surface area (Å²) < 4.78 is 5.51. The van der Waals surface area contributed by atoms with Gasteiger partial charge in [0.25, 0.3) is 5.91 Å². The molecule has 3 rings (SSSR count). The fraction of sp³-hybridized carbons (Fsp3) is 0.444. The maximum atomic E-state index is 12.9. The second kappa shape index (κ2) is 6.07. The molecule has 2 heterocycles. The van der Waals surface area contributed by atoms with Gasteiger partial charge in [0, 0.05) is 18.0 Å². The van der Waals surface area contributed by atoms with Gasteiger partial charge in [0.15, 0.2) is 0 Å². The summed E-state index contributed by atoms with van der Waals surface area (Å²) in [7, 11) is 0. The predicted molar refractivity (Wildman–Crippen MR) is 86.5 cm³/mol. The number of carbonyl (C=O) groups excluding carboxylic acids is 1. The number of rotatable bonds is 3. The molecule has 5 nitrogen and oxygen atoms in total. The first-order chi connectivity index (χ1) is 11.0. The maximum absolute atomic E-state index is 12.9. The number of hydrogen-bond acceptors (Lipinski definition) is 3. The number of carboxylic acid groups (broad SMARTS) is 1. The summed E-state index contributed by atoms with van der Waals surface area (Å²) >= 11 is 0. The van der Waals surface area contributed by atoms with E-state index in [4.69, 9.17) is 4.42 Å². The predicted octanol–water partition coefficient (Wildman–Crippen LogP) is 3.32. The zero-order valence-corrected chi connectivity index (χ0v) is 13.4. The van der Waals surface area contributed by atoms with Crippen LogP contribution >= 0.6 is 0 Å². The highest BCUT2D eigenvalue weighted by Gasteiger charge is 2.36. The van der Waals surface area contributed by atoms with E-state index in [9.17, 15) is 14.7 Å². The third kappa shape index (κ3) is 2.71. The Morgan fingerprint density at radius 2 is 2.17 bits per heavy atom. The van der Waals surface area contributed by atoms with Crippen LogP contribution in [-0.4, -0.2) is 34.5 Å². The van der Waals surface area contributed by atoms with Crippen molar-refractivity contribution in [3.8, 4) is 0 Å². The second-order valence-corrected chi connectivity index (χ2v) is 6.16. The van der Waals surface area contributed by atoms with E-state index in [2.05, 4.69) is 6.92 Å². The molecule has 0 unspecified atom stereocenters. The molecule has 1 saturated heterocycles. The number of benzene rings is 1. The number of likely N-dealkylation sites (tertiary alicyclic amines) is 1. The van der Waals surface area contributed by atoms with Crippen LogP contribution < -0.4 is 0 Å². The van der Waals surface area contributed by atoms with E-state index in [1.807, 2.05) is 25.1 Å². The molecule has 2 atom stereocenters. The molecule has 2 aromatic rings. The van der Waals surface area contributed by atoms with Crippen LogP contribution in [0, 0.1) is 5.92 Å². The number of carboxylic acids is 1. The molecule has 23 heavy (non-hydrogen) atoms. The van der Waals surface area contributed by atoms with E-state index in [1.165, 1.54) is 6.26 Å². The van der Waals surface area contributed by atoms with Crippen LogP contribution in [0.4, 0.5) is 0 Å². The van der Waals surface area contributed by atoms with Gasteiger partial charge in [-0.15, -0.1) is 0 Å². The first kappa shape index (κ1) is 15.6. The lowest BCUT2D eigenvalue weighted by atomic mass is 9.90. The molecule has 1 aromatic heterocycles. The molecular weight excluding hydrogens is 294 g/mol. The minimum absolute atomic E-state index is 0.143. The molecular formula is C18H21NO4. The van der Waals surface area contributed by atoms with Crippen LogP contribution in [0.15, 0.2) is 28.9 Å². The van der Waals surface area contributed by atoms with Crippen molar-refractivity contribution in [2.45, 2.75) is 39.2 Å². The van der Waals surface area contributed by atoms with Crippen LogP contribution in [0.3, 0.4) is 0 Å². The summed E-state index contributed by atoms with van der Waals surface area (Å²) in [6, 6.07) is 5.54. The number of aliphatic carboxylic acids is 1. The van der Waals surface area contributed by atoms with Crippen molar-refractivity contribution in [2.75, 3.05) is 6.54 Å². The molecule has 0 spiro atoms. The standard InChI is InChI=1S/C18H21NO4/c1-3-12-6-7-16-14(9-12)15(10-23-16)17(20)19-8-4-5-13(11(19)2)18(21)22/h6-7,9-11,13H,3-5,8H2,1-2H3,(H,21,22)/t11-,13-/m0/s1. The van der Waals surface area contributed by atoms with Crippen molar-refractivity contribution in [2.24, 2.45) is 5.92 Å². The Labute approximate surface area is 134 Å². The van der Waals surface area contributed by atoms with Gasteiger partial charge in [0.1, 0.15) is 11.8 Å². The van der Waals surface area contributed by atoms with Crippen molar-refractivity contribution in [3.05, 3.63) is 35.6 Å². The topological polar surface area (TPSA) is 70.8 Å². The Morgan fingerprint density at radius 1 is 1.39 bits per heavy atom. The number of furan rings is 1. The third-order valence-electron chi connectivity index (χ3n) is 4.84. The van der Waals surface area contributed by atoms with Crippen LogP contribution in [0.5, 0.6) is 0 Å². The Kier molecular flexibility index (Phi) is 4.11. The van der Waals surface area contributed by atoms with Crippen LogP contribution in [-0.2, 0) is 11.2 Å². The molecule has 1 aliphatic rings. The molecule has 5 heteroatoms. The number of carbonyl (C=O) groups is 2. The number of amides is 1. The number of fused-ring (bicyclic) bond motifs is 1. The van der Waals surface area contributed by atoms with Gasteiger partial charge in [0.05, 0.1) is 11.5 Å². The minimum Gasteiger partial charge on any atom is -0.481 e. The molecule has 0 bridgehead atoms. The summed E-state index contributed by atoms with van der Waals surface area (Å²) in [5.41, 5.74) is 2.35. The summed E-state index contributed by atoms with van der Waals surface area (Å²) in [5.74, 6) is -1.48. The SMILES string of the molecule is CCc1ccc2occ(C(=O)N3CCC[C@H](C(=O)O)[C@@H]3C)c2c1. The highest BCUT2D eigenvalue weighted by atomic mass is 16.4. The van der Waals surface area contributed by atoms with E-state index in [-0.39, 0.29) is 11.9 Å². The molecule has 0 saturated carbocycles. The van der Waals surface area contributed by atoms with Gasteiger partial charge in [-0.2, -0.15) is 0 Å². The van der Waals surface area contributed by atoms with Crippen molar-refractivity contribution in [1.82, 2.24) is 4.90 Å². The van der Waals surface area contributed by atoms with Gasteiger partial charge < -0.3 is 14.4 Å². The average Bonchev–Trinajstić information content (AvgIpc) is 2.97. The van der Waals surface area contributed by atoms with Crippen LogP contribution in [0.1, 0.15) is 42.6 Å². The van der Waals surface area contributed by atoms with E-state index in [0.717, 1.165) is 17.4 Å². The lowest BCUT2D eigenvalue weighted by Gasteiger charge is -2.37. The van der Waals surface area contributed by atoms with E-state index in [1.54, 1.807) is 4.90 Å². The molecule has 1 fully saturated rings. The Morgan fingerprint density at radius 3 is 2.87 bits per heavy atom. The zero-order valence-electron chi connectivity index (χ0n) is 13.4. The molecule has 1 amide bonds. The third-order valence-corrected chi connectivity index (χ3v) is 4.84. The fourth-order valence-corrected chi connectivity index (χ4v) is 3.38. The monoisotopic (exact) mass is 315 g/mol. The van der Waals surface area contributed by atoms with E-state index >= 15 is 0 Å². The number of aryl methyl sites for hydroxylation is 1. The van der Waals surface area contributed by atoms with Crippen LogP contribution in [0.2, 0.25) is 0 Å². The van der Waals surface area contributed by atoms with Gasteiger partial charge in [-0.3, -0.25) is 9.59 Å². The lowest BCUT2D eigenvalue weighted by molar-refractivity contribution is -0.144. The number of hydrogen-bond donors (Lipinski definition) is 1. The maximum Gasteiger partial charge on any atom is 0.308 e. The van der Waals surface area contributed by atoms with Crippen molar-refractivity contribution >= 4 is 22.8 Å². The first-order valence-corrected chi connectivity index (χ1v) is 8.06. The summed E-state index contributed by atoms with van der Waals surface area (Å²) in [4.78, 5) is 26.0. The normalized spacial score (nSPS) is 21.6. The average molecular weight is 315 g/mol. The van der Waals surface area contributed by atoms with Gasteiger partial charge in [-0.05, 0) is 43.9 Å². The van der Waals surface area contributed by atoms with Gasteiger partial charge in [-0.25, -0.2) is 0 Å². The van der Waals surface area contributed by atoms with Crippen LogP contribution in [0.25, 0.3) is 11.0 Å². The van der Waals surface area contributed by atoms with E-state index < -0.39 is 11.9 Å². The van der Waals surface area contributed by atoms with Crippen molar-refractivity contribution < 1.29 is 19.1 Å². The molecule has 122 valence electrons. The van der Waals surface area contributed by atoms with Gasteiger partial charge >= 0.3 is 5.97 Å². The highest BCUT2D eigenvalue weighted by Crippen LogP contribution is 2.29. The Bertz CT molecular complexity index is 749. The van der Waals surface area contributed by atoms with Crippen molar-refractivity contribution in [1.29, 1.82) is 0 Å². The first-order valence-electron chi connectivity index (χ1n) is 8.06.